The van der Waals surface area contributed by atoms with Gasteiger partial charge < -0.3 is 10.2 Å². The lowest BCUT2D eigenvalue weighted by Crippen LogP contribution is -2.32. The van der Waals surface area contributed by atoms with Crippen molar-refractivity contribution in [2.24, 2.45) is 5.92 Å². The Hall–Kier alpha value is -0.930. The van der Waals surface area contributed by atoms with Crippen LogP contribution in [0.25, 0.3) is 0 Å². The van der Waals surface area contributed by atoms with E-state index in [2.05, 4.69) is 24.2 Å². The van der Waals surface area contributed by atoms with E-state index in [-0.39, 0.29) is 11.9 Å². The van der Waals surface area contributed by atoms with Crippen LogP contribution in [0.5, 0.6) is 0 Å². The fraction of sp³-hybridized carbons (Fsp3) is 0.647. The molecule has 1 N–H and O–H groups in total. The molecule has 1 aromatic rings. The number of likely N-dealkylation sites (tertiary alicyclic amines) is 1. The van der Waals surface area contributed by atoms with Crippen LogP contribution in [0.2, 0.25) is 0 Å². The molecule has 3 heteroatoms. The van der Waals surface area contributed by atoms with Crippen molar-refractivity contribution < 1.29 is 4.39 Å². The molecule has 1 unspecified atom stereocenters. The maximum Gasteiger partial charge on any atom is 0.126 e. The summed E-state index contributed by atoms with van der Waals surface area (Å²) >= 11 is 0. The van der Waals surface area contributed by atoms with Gasteiger partial charge in [-0.25, -0.2) is 4.39 Å². The van der Waals surface area contributed by atoms with Crippen LogP contribution in [-0.4, -0.2) is 31.6 Å². The van der Waals surface area contributed by atoms with Gasteiger partial charge in [0.2, 0.25) is 0 Å². The lowest BCUT2D eigenvalue weighted by atomic mass is 9.93. The number of piperidine rings is 1. The largest absolute Gasteiger partial charge is 0.310 e. The highest BCUT2D eigenvalue weighted by Gasteiger charge is 2.16. The average molecular weight is 278 g/mol. The highest BCUT2D eigenvalue weighted by atomic mass is 19.1. The standard InChI is InChI=1S/C17H27FN2/c1-13-4-5-16(12-17(13)18)14(2)19-9-6-15-7-10-20(3)11-8-15/h4-5,12,14-15,19H,6-11H2,1-3H3. The second-order valence-corrected chi connectivity index (χ2v) is 6.22. The first-order chi connectivity index (χ1) is 9.56. The first-order valence-corrected chi connectivity index (χ1v) is 7.74. The van der Waals surface area contributed by atoms with Gasteiger partial charge in [-0.2, -0.15) is 0 Å². The summed E-state index contributed by atoms with van der Waals surface area (Å²) in [5, 5.41) is 3.52. The van der Waals surface area contributed by atoms with Gasteiger partial charge in [0, 0.05) is 6.04 Å². The molecule has 1 heterocycles. The predicted octanol–water partition coefficient (Wildman–Crippen LogP) is 3.52. The Labute approximate surface area is 122 Å². The normalized spacial score (nSPS) is 19.2. The first kappa shape index (κ1) is 15.5. The molecule has 0 spiro atoms. The third-order valence-electron chi connectivity index (χ3n) is 4.54. The third kappa shape index (κ3) is 4.29. The molecule has 112 valence electrons. The summed E-state index contributed by atoms with van der Waals surface area (Å²) < 4.78 is 13.6. The molecule has 1 fully saturated rings. The van der Waals surface area contributed by atoms with Crippen molar-refractivity contribution in [1.82, 2.24) is 10.2 Å². The van der Waals surface area contributed by atoms with Crippen molar-refractivity contribution in [2.45, 2.75) is 39.2 Å². The van der Waals surface area contributed by atoms with Crippen molar-refractivity contribution >= 4 is 0 Å². The molecule has 0 radical (unpaired) electrons. The van der Waals surface area contributed by atoms with Crippen molar-refractivity contribution in [3.8, 4) is 0 Å². The minimum Gasteiger partial charge on any atom is -0.310 e. The summed E-state index contributed by atoms with van der Waals surface area (Å²) in [6.45, 7) is 7.38. The summed E-state index contributed by atoms with van der Waals surface area (Å²) in [5.41, 5.74) is 1.75. The fourth-order valence-corrected chi connectivity index (χ4v) is 2.85. The van der Waals surface area contributed by atoms with E-state index in [0.717, 1.165) is 18.0 Å². The molecule has 0 aromatic heterocycles. The van der Waals surface area contributed by atoms with Crippen LogP contribution in [0.15, 0.2) is 18.2 Å². The average Bonchev–Trinajstić information content (AvgIpc) is 2.44. The number of aryl methyl sites for hydroxylation is 1. The summed E-state index contributed by atoms with van der Waals surface area (Å²) in [5.74, 6) is 0.743. The molecule has 1 saturated heterocycles. The van der Waals surface area contributed by atoms with Crippen molar-refractivity contribution in [3.63, 3.8) is 0 Å². The molecule has 1 aliphatic heterocycles. The monoisotopic (exact) mass is 278 g/mol. The van der Waals surface area contributed by atoms with Gasteiger partial charge in [0.05, 0.1) is 0 Å². The van der Waals surface area contributed by atoms with Gasteiger partial charge in [-0.05, 0) is 82.9 Å². The van der Waals surface area contributed by atoms with E-state index >= 15 is 0 Å². The number of benzene rings is 1. The van der Waals surface area contributed by atoms with E-state index in [1.807, 2.05) is 12.1 Å². The van der Waals surface area contributed by atoms with Gasteiger partial charge in [0.1, 0.15) is 5.82 Å². The highest BCUT2D eigenvalue weighted by Crippen LogP contribution is 2.20. The van der Waals surface area contributed by atoms with Crippen LogP contribution in [-0.2, 0) is 0 Å². The van der Waals surface area contributed by atoms with Crippen LogP contribution < -0.4 is 5.32 Å². The van der Waals surface area contributed by atoms with Crippen molar-refractivity contribution in [3.05, 3.63) is 35.1 Å². The third-order valence-corrected chi connectivity index (χ3v) is 4.54. The van der Waals surface area contributed by atoms with E-state index in [0.29, 0.717) is 5.56 Å². The van der Waals surface area contributed by atoms with Gasteiger partial charge in [0.15, 0.2) is 0 Å². The predicted molar refractivity (Wildman–Crippen MR) is 82.4 cm³/mol. The van der Waals surface area contributed by atoms with Gasteiger partial charge >= 0.3 is 0 Å². The van der Waals surface area contributed by atoms with Gasteiger partial charge in [-0.15, -0.1) is 0 Å². The van der Waals surface area contributed by atoms with Crippen molar-refractivity contribution in [2.75, 3.05) is 26.7 Å². The highest BCUT2D eigenvalue weighted by molar-refractivity contribution is 5.25. The zero-order valence-electron chi connectivity index (χ0n) is 13.0. The maximum atomic E-state index is 13.6. The Morgan fingerprint density at radius 2 is 2.05 bits per heavy atom. The zero-order chi connectivity index (χ0) is 14.5. The fourth-order valence-electron chi connectivity index (χ4n) is 2.85. The zero-order valence-corrected chi connectivity index (χ0v) is 13.0. The number of rotatable bonds is 5. The Bertz CT molecular complexity index is 425. The Balaban J connectivity index is 1.74. The van der Waals surface area contributed by atoms with Crippen LogP contribution in [0, 0.1) is 18.7 Å². The number of nitrogens with one attached hydrogen (secondary N) is 1. The van der Waals surface area contributed by atoms with Crippen LogP contribution in [0.4, 0.5) is 4.39 Å². The summed E-state index contributed by atoms with van der Waals surface area (Å²) in [7, 11) is 2.20. The lowest BCUT2D eigenvalue weighted by molar-refractivity contribution is 0.211. The maximum absolute atomic E-state index is 13.6. The summed E-state index contributed by atoms with van der Waals surface area (Å²) in [4.78, 5) is 2.40. The van der Waals surface area contributed by atoms with E-state index in [4.69, 9.17) is 0 Å². The van der Waals surface area contributed by atoms with E-state index in [1.165, 1.54) is 32.4 Å². The SMILES string of the molecule is Cc1ccc(C(C)NCCC2CCN(C)CC2)cc1F. The quantitative estimate of drug-likeness (QED) is 0.886. The molecule has 0 bridgehead atoms. The van der Waals surface area contributed by atoms with Crippen LogP contribution in [0.3, 0.4) is 0 Å². The number of halogens is 1. The van der Waals surface area contributed by atoms with Gasteiger partial charge in [0.25, 0.3) is 0 Å². The Kier molecular flexibility index (Phi) is 5.55. The molecular weight excluding hydrogens is 251 g/mol. The molecule has 1 aromatic carbocycles. The minimum atomic E-state index is -0.105. The lowest BCUT2D eigenvalue weighted by Gasteiger charge is -2.29. The smallest absolute Gasteiger partial charge is 0.126 e. The molecule has 0 aliphatic carbocycles. The van der Waals surface area contributed by atoms with Gasteiger partial charge in [-0.3, -0.25) is 0 Å². The summed E-state index contributed by atoms with van der Waals surface area (Å²) in [6.07, 6.45) is 3.85. The molecule has 20 heavy (non-hydrogen) atoms. The Morgan fingerprint density at radius 1 is 1.35 bits per heavy atom. The van der Waals surface area contributed by atoms with E-state index < -0.39 is 0 Å². The number of hydrogen-bond acceptors (Lipinski definition) is 2. The summed E-state index contributed by atoms with van der Waals surface area (Å²) in [6, 6.07) is 5.75. The van der Waals surface area contributed by atoms with E-state index in [1.54, 1.807) is 13.0 Å². The molecule has 1 aliphatic rings. The molecule has 0 saturated carbocycles. The van der Waals surface area contributed by atoms with Gasteiger partial charge in [-0.1, -0.05) is 12.1 Å². The molecule has 0 amide bonds. The second kappa shape index (κ2) is 7.19. The van der Waals surface area contributed by atoms with Crippen molar-refractivity contribution in [1.29, 1.82) is 0 Å². The molecule has 2 nitrogen and oxygen atoms in total. The van der Waals surface area contributed by atoms with E-state index in [9.17, 15) is 4.39 Å². The van der Waals surface area contributed by atoms with Crippen LogP contribution in [0.1, 0.15) is 43.4 Å². The van der Waals surface area contributed by atoms with Crippen LogP contribution >= 0.6 is 0 Å². The first-order valence-electron chi connectivity index (χ1n) is 7.74. The topological polar surface area (TPSA) is 15.3 Å². The second-order valence-electron chi connectivity index (χ2n) is 6.22. The number of nitrogens with zero attached hydrogens (tertiary/aromatic N) is 1. The molecular formula is C17H27FN2. The number of hydrogen-bond donors (Lipinski definition) is 1. The molecule has 2 rings (SSSR count). The molecule has 1 atom stereocenters. The Morgan fingerprint density at radius 3 is 2.70 bits per heavy atom. The minimum absolute atomic E-state index is 0.105.